The number of nitrogens with one attached hydrogen (secondary N) is 1. The molecule has 0 aliphatic rings. The van der Waals surface area contributed by atoms with Gasteiger partial charge in [0.15, 0.2) is 5.75 Å². The summed E-state index contributed by atoms with van der Waals surface area (Å²) in [5.74, 6) is 1.77. The van der Waals surface area contributed by atoms with Gasteiger partial charge in [0.25, 0.3) is 0 Å². The van der Waals surface area contributed by atoms with Gasteiger partial charge in [0.2, 0.25) is 5.91 Å². The standard InChI is InChI=1S/C21H28N2O2/c1-3-16-23(17-4-2)21(24)14-15-22-19-12-8-9-13-20(19)25-18-10-6-5-7-11-18/h5-13,22H,3-4,14-17H2,1-2H3. The zero-order chi connectivity index (χ0) is 17.9. The summed E-state index contributed by atoms with van der Waals surface area (Å²) in [6, 6.07) is 17.5. The Bertz CT molecular complexity index is 637. The molecule has 0 unspecified atom stereocenters. The number of hydrogen-bond donors (Lipinski definition) is 1. The van der Waals surface area contributed by atoms with Crippen molar-refractivity contribution in [1.82, 2.24) is 4.90 Å². The summed E-state index contributed by atoms with van der Waals surface area (Å²) in [4.78, 5) is 14.3. The minimum atomic E-state index is 0.206. The molecule has 0 saturated heterocycles. The van der Waals surface area contributed by atoms with E-state index in [0.717, 1.165) is 43.1 Å². The molecule has 134 valence electrons. The summed E-state index contributed by atoms with van der Waals surface area (Å²) < 4.78 is 5.93. The van der Waals surface area contributed by atoms with E-state index >= 15 is 0 Å². The van der Waals surface area contributed by atoms with Crippen molar-refractivity contribution in [3.63, 3.8) is 0 Å². The van der Waals surface area contributed by atoms with E-state index in [1.54, 1.807) is 0 Å². The summed E-state index contributed by atoms with van der Waals surface area (Å²) in [6.07, 6.45) is 2.47. The molecule has 0 fully saturated rings. The third kappa shape index (κ3) is 6.14. The molecule has 1 amide bonds. The fraction of sp³-hybridized carbons (Fsp3) is 0.381. The van der Waals surface area contributed by atoms with Crippen molar-refractivity contribution in [3.05, 3.63) is 54.6 Å². The van der Waals surface area contributed by atoms with Crippen LogP contribution >= 0.6 is 0 Å². The Morgan fingerprint density at radius 1 is 0.960 bits per heavy atom. The second-order valence-corrected chi connectivity index (χ2v) is 5.97. The minimum absolute atomic E-state index is 0.206. The summed E-state index contributed by atoms with van der Waals surface area (Å²) in [7, 11) is 0. The largest absolute Gasteiger partial charge is 0.455 e. The van der Waals surface area contributed by atoms with Gasteiger partial charge in [0.1, 0.15) is 5.75 Å². The molecule has 0 aromatic heterocycles. The van der Waals surface area contributed by atoms with Gasteiger partial charge in [-0.25, -0.2) is 0 Å². The summed E-state index contributed by atoms with van der Waals surface area (Å²) >= 11 is 0. The molecule has 0 aliphatic carbocycles. The molecule has 0 spiro atoms. The van der Waals surface area contributed by atoms with Crippen LogP contribution in [0.2, 0.25) is 0 Å². The lowest BCUT2D eigenvalue weighted by Gasteiger charge is -2.21. The van der Waals surface area contributed by atoms with Gasteiger partial charge in [-0.1, -0.05) is 44.2 Å². The van der Waals surface area contributed by atoms with E-state index < -0.39 is 0 Å². The first-order valence-corrected chi connectivity index (χ1v) is 9.08. The number of carbonyl (C=O) groups excluding carboxylic acids is 1. The Morgan fingerprint density at radius 2 is 1.60 bits per heavy atom. The van der Waals surface area contributed by atoms with Crippen molar-refractivity contribution in [1.29, 1.82) is 0 Å². The van der Waals surface area contributed by atoms with Crippen LogP contribution in [0.3, 0.4) is 0 Å². The third-order valence-electron chi connectivity index (χ3n) is 3.85. The van der Waals surface area contributed by atoms with Crippen LogP contribution < -0.4 is 10.1 Å². The van der Waals surface area contributed by atoms with Crippen LogP contribution in [0.1, 0.15) is 33.1 Å². The van der Waals surface area contributed by atoms with Gasteiger partial charge in [0.05, 0.1) is 5.69 Å². The first-order valence-electron chi connectivity index (χ1n) is 9.08. The van der Waals surface area contributed by atoms with Crippen molar-refractivity contribution in [2.24, 2.45) is 0 Å². The maximum absolute atomic E-state index is 12.3. The molecular formula is C21H28N2O2. The van der Waals surface area contributed by atoms with E-state index in [9.17, 15) is 4.79 Å². The van der Waals surface area contributed by atoms with Crippen molar-refractivity contribution in [2.75, 3.05) is 25.0 Å². The Hall–Kier alpha value is -2.49. The van der Waals surface area contributed by atoms with E-state index in [4.69, 9.17) is 4.74 Å². The smallest absolute Gasteiger partial charge is 0.224 e. The molecule has 1 N–H and O–H groups in total. The van der Waals surface area contributed by atoms with Crippen molar-refractivity contribution >= 4 is 11.6 Å². The number of benzene rings is 2. The second kappa shape index (κ2) is 10.4. The third-order valence-corrected chi connectivity index (χ3v) is 3.85. The minimum Gasteiger partial charge on any atom is -0.455 e. The van der Waals surface area contributed by atoms with Crippen molar-refractivity contribution in [3.8, 4) is 11.5 Å². The van der Waals surface area contributed by atoms with Gasteiger partial charge in [-0.15, -0.1) is 0 Å². The molecule has 0 radical (unpaired) electrons. The number of anilines is 1. The number of rotatable bonds is 10. The molecule has 0 atom stereocenters. The highest BCUT2D eigenvalue weighted by molar-refractivity contribution is 5.76. The van der Waals surface area contributed by atoms with Gasteiger partial charge in [-0.05, 0) is 37.1 Å². The van der Waals surface area contributed by atoms with E-state index in [1.807, 2.05) is 59.5 Å². The molecular weight excluding hydrogens is 312 g/mol. The van der Waals surface area contributed by atoms with Crippen LogP contribution in [-0.2, 0) is 4.79 Å². The van der Waals surface area contributed by atoms with Crippen molar-refractivity contribution < 1.29 is 9.53 Å². The zero-order valence-corrected chi connectivity index (χ0v) is 15.2. The van der Waals surface area contributed by atoms with Crippen LogP contribution in [0.15, 0.2) is 54.6 Å². The highest BCUT2D eigenvalue weighted by Crippen LogP contribution is 2.28. The maximum atomic E-state index is 12.3. The van der Waals surface area contributed by atoms with Gasteiger partial charge in [0, 0.05) is 26.1 Å². The molecule has 2 aromatic rings. The zero-order valence-electron chi connectivity index (χ0n) is 15.2. The van der Waals surface area contributed by atoms with Crippen molar-refractivity contribution in [2.45, 2.75) is 33.1 Å². The number of para-hydroxylation sites is 3. The first kappa shape index (κ1) is 18.8. The topological polar surface area (TPSA) is 41.6 Å². The van der Waals surface area contributed by atoms with E-state index in [2.05, 4.69) is 19.2 Å². The average molecular weight is 340 g/mol. The maximum Gasteiger partial charge on any atom is 0.224 e. The highest BCUT2D eigenvalue weighted by Gasteiger charge is 2.11. The molecule has 0 aliphatic heterocycles. The second-order valence-electron chi connectivity index (χ2n) is 5.97. The van der Waals surface area contributed by atoms with E-state index in [0.29, 0.717) is 13.0 Å². The Labute approximate surface area is 150 Å². The van der Waals surface area contributed by atoms with Crippen LogP contribution in [0, 0.1) is 0 Å². The Morgan fingerprint density at radius 3 is 2.28 bits per heavy atom. The Balaban J connectivity index is 1.91. The molecule has 0 bridgehead atoms. The molecule has 0 saturated carbocycles. The first-order chi connectivity index (χ1) is 12.2. The van der Waals surface area contributed by atoms with Gasteiger partial charge in [-0.2, -0.15) is 0 Å². The SMILES string of the molecule is CCCN(CCC)C(=O)CCNc1ccccc1Oc1ccccc1. The number of amides is 1. The van der Waals surface area contributed by atoms with E-state index in [1.165, 1.54) is 0 Å². The number of hydrogen-bond acceptors (Lipinski definition) is 3. The van der Waals surface area contributed by atoms with Gasteiger partial charge < -0.3 is 15.0 Å². The van der Waals surface area contributed by atoms with Crippen LogP contribution in [0.5, 0.6) is 11.5 Å². The summed E-state index contributed by atoms with van der Waals surface area (Å²) in [6.45, 7) is 6.47. The lowest BCUT2D eigenvalue weighted by atomic mass is 10.2. The molecule has 2 aromatic carbocycles. The predicted octanol–water partition coefficient (Wildman–Crippen LogP) is 4.93. The number of ether oxygens (including phenoxy) is 1. The monoisotopic (exact) mass is 340 g/mol. The quantitative estimate of drug-likeness (QED) is 0.667. The lowest BCUT2D eigenvalue weighted by molar-refractivity contribution is -0.131. The van der Waals surface area contributed by atoms with E-state index in [-0.39, 0.29) is 5.91 Å². The average Bonchev–Trinajstić information content (AvgIpc) is 2.64. The number of carbonyl (C=O) groups is 1. The molecule has 2 rings (SSSR count). The van der Waals surface area contributed by atoms with Crippen LogP contribution in [0.25, 0.3) is 0 Å². The molecule has 0 heterocycles. The van der Waals surface area contributed by atoms with Gasteiger partial charge >= 0.3 is 0 Å². The lowest BCUT2D eigenvalue weighted by Crippen LogP contribution is -2.33. The fourth-order valence-corrected chi connectivity index (χ4v) is 2.68. The summed E-state index contributed by atoms with van der Waals surface area (Å²) in [5.41, 5.74) is 0.900. The normalized spacial score (nSPS) is 10.3. The molecule has 4 nitrogen and oxygen atoms in total. The van der Waals surface area contributed by atoms with Gasteiger partial charge in [-0.3, -0.25) is 4.79 Å². The summed E-state index contributed by atoms with van der Waals surface area (Å²) in [5, 5.41) is 3.33. The van der Waals surface area contributed by atoms with Crippen LogP contribution in [-0.4, -0.2) is 30.4 Å². The van der Waals surface area contributed by atoms with Crippen LogP contribution in [0.4, 0.5) is 5.69 Å². The molecule has 4 heteroatoms. The molecule has 25 heavy (non-hydrogen) atoms. The fourth-order valence-electron chi connectivity index (χ4n) is 2.68. The number of nitrogens with zero attached hydrogens (tertiary/aromatic N) is 1. The highest BCUT2D eigenvalue weighted by atomic mass is 16.5. The predicted molar refractivity (Wildman–Crippen MR) is 103 cm³/mol. The Kier molecular flexibility index (Phi) is 7.83.